The number of amides is 1. The van der Waals surface area contributed by atoms with Crippen molar-refractivity contribution in [1.82, 2.24) is 10.6 Å². The van der Waals surface area contributed by atoms with E-state index >= 15 is 0 Å². The van der Waals surface area contributed by atoms with Crippen molar-refractivity contribution in [2.45, 2.75) is 45.6 Å². The largest absolute Gasteiger partial charge is 0.355 e. The Balaban J connectivity index is 2.37. The third-order valence-electron chi connectivity index (χ3n) is 3.19. The van der Waals surface area contributed by atoms with Crippen molar-refractivity contribution >= 4 is 5.91 Å². The van der Waals surface area contributed by atoms with Crippen LogP contribution in [0.15, 0.2) is 30.3 Å². The first-order valence-electron chi connectivity index (χ1n) is 6.97. The highest BCUT2D eigenvalue weighted by Gasteiger charge is 2.20. The maximum atomic E-state index is 11.8. The van der Waals surface area contributed by atoms with Crippen molar-refractivity contribution in [1.29, 1.82) is 0 Å². The summed E-state index contributed by atoms with van der Waals surface area (Å²) in [5.74, 6) is 0.108. The van der Waals surface area contributed by atoms with Gasteiger partial charge in [-0.05, 0) is 5.56 Å². The molecular formula is C16H26N2O. The molecule has 1 aromatic carbocycles. The van der Waals surface area contributed by atoms with Crippen LogP contribution in [0.5, 0.6) is 0 Å². The fraction of sp³-hybridized carbons (Fsp3) is 0.562. The van der Waals surface area contributed by atoms with Crippen LogP contribution in [0.25, 0.3) is 0 Å². The highest BCUT2D eigenvalue weighted by atomic mass is 16.1. The summed E-state index contributed by atoms with van der Waals surface area (Å²) in [5.41, 5.74) is 1.21. The van der Waals surface area contributed by atoms with Crippen LogP contribution in [-0.2, 0) is 10.2 Å². The van der Waals surface area contributed by atoms with Gasteiger partial charge in [0.25, 0.3) is 0 Å². The Kier molecular flexibility index (Phi) is 6.03. The molecule has 1 aromatic rings. The summed E-state index contributed by atoms with van der Waals surface area (Å²) in [4.78, 5) is 11.8. The number of nitrogens with one attached hydrogen (secondary N) is 2. The molecule has 19 heavy (non-hydrogen) atoms. The zero-order chi connectivity index (χ0) is 14.3. The smallest absolute Gasteiger partial charge is 0.221 e. The molecule has 0 bridgehead atoms. The lowest BCUT2D eigenvalue weighted by molar-refractivity contribution is -0.121. The van der Waals surface area contributed by atoms with Crippen molar-refractivity contribution in [3.8, 4) is 0 Å². The van der Waals surface area contributed by atoms with Gasteiger partial charge in [-0.1, -0.05) is 58.0 Å². The van der Waals surface area contributed by atoms with Crippen molar-refractivity contribution in [3.63, 3.8) is 0 Å². The summed E-state index contributed by atoms with van der Waals surface area (Å²) >= 11 is 0. The first kappa shape index (κ1) is 15.7. The molecule has 0 heterocycles. The average Bonchev–Trinajstić information content (AvgIpc) is 2.37. The van der Waals surface area contributed by atoms with E-state index in [4.69, 9.17) is 0 Å². The van der Waals surface area contributed by atoms with Crippen LogP contribution in [0.4, 0.5) is 0 Å². The molecule has 0 aliphatic rings. The van der Waals surface area contributed by atoms with E-state index in [2.05, 4.69) is 50.5 Å². The van der Waals surface area contributed by atoms with Crippen LogP contribution in [0.1, 0.15) is 39.7 Å². The first-order valence-corrected chi connectivity index (χ1v) is 6.97. The van der Waals surface area contributed by atoms with E-state index in [1.54, 1.807) is 0 Å². The van der Waals surface area contributed by atoms with Gasteiger partial charge < -0.3 is 10.6 Å². The van der Waals surface area contributed by atoms with Crippen LogP contribution >= 0.6 is 0 Å². The maximum Gasteiger partial charge on any atom is 0.221 e. The predicted molar refractivity (Wildman–Crippen MR) is 80.2 cm³/mol. The number of hydrogen-bond acceptors (Lipinski definition) is 2. The monoisotopic (exact) mass is 262 g/mol. The molecule has 2 N–H and O–H groups in total. The summed E-state index contributed by atoms with van der Waals surface area (Å²) < 4.78 is 0. The second kappa shape index (κ2) is 7.29. The highest BCUT2D eigenvalue weighted by Crippen LogP contribution is 2.21. The van der Waals surface area contributed by atoms with Crippen LogP contribution < -0.4 is 10.6 Å². The quantitative estimate of drug-likeness (QED) is 0.792. The molecule has 0 unspecified atom stereocenters. The van der Waals surface area contributed by atoms with Gasteiger partial charge in [-0.2, -0.15) is 0 Å². The SMILES string of the molecule is CC(C)NCCC(=O)NCC(C)(C)c1ccccc1. The minimum Gasteiger partial charge on any atom is -0.355 e. The van der Waals surface area contributed by atoms with E-state index in [1.807, 2.05) is 18.2 Å². The first-order chi connectivity index (χ1) is 8.92. The topological polar surface area (TPSA) is 41.1 Å². The van der Waals surface area contributed by atoms with Gasteiger partial charge in [0.2, 0.25) is 5.91 Å². The van der Waals surface area contributed by atoms with E-state index in [0.29, 0.717) is 19.0 Å². The van der Waals surface area contributed by atoms with Crippen molar-refractivity contribution in [3.05, 3.63) is 35.9 Å². The fourth-order valence-corrected chi connectivity index (χ4v) is 1.87. The molecule has 1 rings (SSSR count). The standard InChI is InChI=1S/C16H26N2O/c1-13(2)17-11-10-15(19)18-12-16(3,4)14-8-6-5-7-9-14/h5-9,13,17H,10-12H2,1-4H3,(H,18,19). The van der Waals surface area contributed by atoms with E-state index in [9.17, 15) is 4.79 Å². The van der Waals surface area contributed by atoms with Crippen LogP contribution in [-0.4, -0.2) is 25.0 Å². The molecule has 0 fully saturated rings. The molecule has 0 aliphatic carbocycles. The molecule has 3 nitrogen and oxygen atoms in total. The number of hydrogen-bond donors (Lipinski definition) is 2. The number of carbonyl (C=O) groups excluding carboxylic acids is 1. The van der Waals surface area contributed by atoms with Gasteiger partial charge >= 0.3 is 0 Å². The van der Waals surface area contributed by atoms with Crippen molar-refractivity contribution in [2.24, 2.45) is 0 Å². The van der Waals surface area contributed by atoms with Gasteiger partial charge in [0, 0.05) is 31.0 Å². The van der Waals surface area contributed by atoms with Gasteiger partial charge in [0.1, 0.15) is 0 Å². The lowest BCUT2D eigenvalue weighted by Gasteiger charge is -2.25. The third kappa shape index (κ3) is 5.88. The Morgan fingerprint density at radius 2 is 1.84 bits per heavy atom. The van der Waals surface area contributed by atoms with Crippen molar-refractivity contribution < 1.29 is 4.79 Å². The Bertz CT molecular complexity index is 385. The van der Waals surface area contributed by atoms with Crippen molar-refractivity contribution in [2.75, 3.05) is 13.1 Å². The molecule has 0 aliphatic heterocycles. The van der Waals surface area contributed by atoms with Gasteiger partial charge in [-0.3, -0.25) is 4.79 Å². The second-order valence-electron chi connectivity index (χ2n) is 5.89. The van der Waals surface area contributed by atoms with Crippen LogP contribution in [0, 0.1) is 0 Å². The molecule has 0 saturated heterocycles. The molecule has 0 aromatic heterocycles. The van der Waals surface area contributed by atoms with Gasteiger partial charge in [-0.15, -0.1) is 0 Å². The molecular weight excluding hydrogens is 236 g/mol. The van der Waals surface area contributed by atoms with E-state index in [-0.39, 0.29) is 11.3 Å². The lowest BCUT2D eigenvalue weighted by Crippen LogP contribution is -2.38. The Labute approximate surface area is 116 Å². The molecule has 1 amide bonds. The van der Waals surface area contributed by atoms with Gasteiger partial charge in [0.15, 0.2) is 0 Å². The van der Waals surface area contributed by atoms with E-state index in [1.165, 1.54) is 5.56 Å². The predicted octanol–water partition coefficient (Wildman–Crippen LogP) is 2.47. The number of carbonyl (C=O) groups is 1. The van der Waals surface area contributed by atoms with E-state index < -0.39 is 0 Å². The lowest BCUT2D eigenvalue weighted by atomic mass is 9.84. The minimum atomic E-state index is -0.0393. The molecule has 0 spiro atoms. The molecule has 0 atom stereocenters. The Morgan fingerprint density at radius 1 is 1.21 bits per heavy atom. The molecule has 0 radical (unpaired) electrons. The summed E-state index contributed by atoms with van der Waals surface area (Å²) in [6, 6.07) is 10.7. The Hall–Kier alpha value is -1.35. The molecule has 3 heteroatoms. The summed E-state index contributed by atoms with van der Waals surface area (Å²) in [5, 5.41) is 6.26. The summed E-state index contributed by atoms with van der Waals surface area (Å²) in [7, 11) is 0. The normalized spacial score (nSPS) is 11.6. The van der Waals surface area contributed by atoms with Gasteiger partial charge in [-0.25, -0.2) is 0 Å². The summed E-state index contributed by atoms with van der Waals surface area (Å²) in [6.45, 7) is 9.85. The fourth-order valence-electron chi connectivity index (χ4n) is 1.87. The maximum absolute atomic E-state index is 11.8. The summed E-state index contributed by atoms with van der Waals surface area (Å²) in [6.07, 6.45) is 0.531. The highest BCUT2D eigenvalue weighted by molar-refractivity contribution is 5.76. The number of rotatable bonds is 7. The van der Waals surface area contributed by atoms with Crippen LogP contribution in [0.2, 0.25) is 0 Å². The van der Waals surface area contributed by atoms with Crippen LogP contribution in [0.3, 0.4) is 0 Å². The number of benzene rings is 1. The van der Waals surface area contributed by atoms with E-state index in [0.717, 1.165) is 6.54 Å². The zero-order valence-corrected chi connectivity index (χ0v) is 12.5. The molecule has 106 valence electrons. The zero-order valence-electron chi connectivity index (χ0n) is 12.5. The molecule has 0 saturated carbocycles. The second-order valence-corrected chi connectivity index (χ2v) is 5.89. The third-order valence-corrected chi connectivity index (χ3v) is 3.19. The average molecular weight is 262 g/mol. The van der Waals surface area contributed by atoms with Gasteiger partial charge in [0.05, 0.1) is 0 Å². The Morgan fingerprint density at radius 3 is 2.42 bits per heavy atom. The minimum absolute atomic E-state index is 0.0393.